The number of nitrogens with zero attached hydrogens (tertiary/aromatic N) is 1. The van der Waals surface area contributed by atoms with Crippen molar-refractivity contribution >= 4 is 27.5 Å². The van der Waals surface area contributed by atoms with Crippen LogP contribution in [0.4, 0.5) is 10.1 Å². The van der Waals surface area contributed by atoms with Gasteiger partial charge in [-0.25, -0.2) is 12.8 Å². The van der Waals surface area contributed by atoms with Gasteiger partial charge in [0.05, 0.1) is 4.90 Å². The highest BCUT2D eigenvalue weighted by molar-refractivity contribution is 7.92. The zero-order valence-corrected chi connectivity index (χ0v) is 25.6. The predicted molar refractivity (Wildman–Crippen MR) is 174 cm³/mol. The molecule has 234 valence electrons. The van der Waals surface area contributed by atoms with Crippen LogP contribution in [0.3, 0.4) is 0 Å². The molecule has 0 aromatic heterocycles. The van der Waals surface area contributed by atoms with Crippen molar-refractivity contribution in [2.24, 2.45) is 0 Å². The van der Waals surface area contributed by atoms with Crippen molar-refractivity contribution in [3.63, 3.8) is 0 Å². The summed E-state index contributed by atoms with van der Waals surface area (Å²) in [4.78, 5) is 29.1. The molecule has 0 unspecified atom stereocenters. The van der Waals surface area contributed by atoms with Gasteiger partial charge < -0.3 is 15.0 Å². The van der Waals surface area contributed by atoms with Crippen LogP contribution in [0, 0.1) is 5.82 Å². The number of anilines is 1. The van der Waals surface area contributed by atoms with E-state index in [4.69, 9.17) is 4.74 Å². The molecule has 1 atom stereocenters. The maximum atomic E-state index is 13.9. The van der Waals surface area contributed by atoms with Gasteiger partial charge in [-0.1, -0.05) is 91.0 Å². The van der Waals surface area contributed by atoms with E-state index < -0.39 is 34.4 Å². The van der Waals surface area contributed by atoms with E-state index in [0.29, 0.717) is 5.56 Å². The number of benzene rings is 5. The molecule has 0 aliphatic carbocycles. The van der Waals surface area contributed by atoms with Crippen LogP contribution in [-0.2, 0) is 32.7 Å². The third-order valence-electron chi connectivity index (χ3n) is 7.09. The van der Waals surface area contributed by atoms with E-state index >= 15 is 0 Å². The van der Waals surface area contributed by atoms with Crippen LogP contribution in [0.5, 0.6) is 5.75 Å². The molecular weight excluding hydrogens is 605 g/mol. The number of carbonyl (C=O) groups is 2. The maximum absolute atomic E-state index is 13.9. The molecule has 46 heavy (non-hydrogen) atoms. The van der Waals surface area contributed by atoms with Gasteiger partial charge in [-0.2, -0.15) is 0 Å². The summed E-state index contributed by atoms with van der Waals surface area (Å²) < 4.78 is 47.0. The molecule has 0 fully saturated rings. The number of ether oxygens (including phenoxy) is 1. The van der Waals surface area contributed by atoms with Crippen LogP contribution >= 0.6 is 0 Å². The Labute approximate surface area is 267 Å². The van der Waals surface area contributed by atoms with Gasteiger partial charge in [0.15, 0.2) is 6.61 Å². The fourth-order valence-corrected chi connectivity index (χ4v) is 5.83. The van der Waals surface area contributed by atoms with Gasteiger partial charge in [0.1, 0.15) is 17.6 Å². The Kier molecular flexibility index (Phi) is 10.4. The quantitative estimate of drug-likeness (QED) is 0.163. The van der Waals surface area contributed by atoms with Crippen LogP contribution in [0.2, 0.25) is 0 Å². The van der Waals surface area contributed by atoms with Crippen LogP contribution in [-0.4, -0.2) is 31.7 Å². The molecule has 8 nitrogen and oxygen atoms in total. The standard InChI is InChI=1S/C36H32FN3O5S/c37-30-16-18-31(19-17-30)39-46(43,44)33-22-20-32(21-23-33)45-26-34(41)40(25-28-12-6-2-7-13-28)35(29-14-8-3-9-15-29)36(42)38-24-27-10-4-1-5-11-27/h1-23,35,39H,24-26H2,(H,38,42)/t35-/m0/s1. The zero-order valence-electron chi connectivity index (χ0n) is 24.8. The summed E-state index contributed by atoms with van der Waals surface area (Å²) in [5.74, 6) is -1.01. The minimum Gasteiger partial charge on any atom is -0.484 e. The summed E-state index contributed by atoms with van der Waals surface area (Å²) >= 11 is 0. The molecule has 0 heterocycles. The molecular formula is C36H32FN3O5S. The van der Waals surface area contributed by atoms with Gasteiger partial charge in [-0.05, 0) is 65.2 Å². The molecule has 0 saturated carbocycles. The van der Waals surface area contributed by atoms with E-state index in [1.54, 1.807) is 12.1 Å². The fourth-order valence-electron chi connectivity index (χ4n) is 4.77. The lowest BCUT2D eigenvalue weighted by Gasteiger charge is -2.31. The number of rotatable bonds is 13. The molecule has 0 aliphatic heterocycles. The van der Waals surface area contributed by atoms with Crippen molar-refractivity contribution in [1.82, 2.24) is 10.2 Å². The maximum Gasteiger partial charge on any atom is 0.261 e. The third kappa shape index (κ3) is 8.58. The SMILES string of the molecule is O=C(NCc1ccccc1)[C@H](c1ccccc1)N(Cc1ccccc1)C(=O)COc1ccc(S(=O)(=O)Nc2ccc(F)cc2)cc1. The van der Waals surface area contributed by atoms with E-state index in [1.165, 1.54) is 41.3 Å². The van der Waals surface area contributed by atoms with Crippen molar-refractivity contribution in [2.45, 2.75) is 24.0 Å². The fraction of sp³-hybridized carbons (Fsp3) is 0.111. The first kappa shape index (κ1) is 31.9. The van der Waals surface area contributed by atoms with Gasteiger partial charge in [-0.3, -0.25) is 14.3 Å². The summed E-state index contributed by atoms with van der Waals surface area (Å²) in [6.07, 6.45) is 0. The monoisotopic (exact) mass is 637 g/mol. The number of hydrogen-bond acceptors (Lipinski definition) is 5. The number of carbonyl (C=O) groups excluding carboxylic acids is 2. The van der Waals surface area contributed by atoms with Crippen molar-refractivity contribution in [2.75, 3.05) is 11.3 Å². The number of hydrogen-bond donors (Lipinski definition) is 2. The van der Waals surface area contributed by atoms with Crippen molar-refractivity contribution in [1.29, 1.82) is 0 Å². The van der Waals surface area contributed by atoms with E-state index in [9.17, 15) is 22.4 Å². The molecule has 5 aromatic carbocycles. The second kappa shape index (κ2) is 15.0. The number of nitrogens with one attached hydrogen (secondary N) is 2. The summed E-state index contributed by atoms with van der Waals surface area (Å²) in [6, 6.07) is 37.5. The lowest BCUT2D eigenvalue weighted by Crippen LogP contribution is -2.45. The van der Waals surface area contributed by atoms with Crippen molar-refractivity contribution < 1.29 is 27.1 Å². The summed E-state index contributed by atoms with van der Waals surface area (Å²) in [5.41, 5.74) is 2.60. The van der Waals surface area contributed by atoms with Crippen LogP contribution in [0.15, 0.2) is 144 Å². The Bertz CT molecular complexity index is 1840. The first-order chi connectivity index (χ1) is 22.3. The molecule has 0 saturated heterocycles. The van der Waals surface area contributed by atoms with E-state index in [-0.39, 0.29) is 35.3 Å². The molecule has 0 radical (unpaired) electrons. The van der Waals surface area contributed by atoms with Crippen LogP contribution in [0.1, 0.15) is 22.7 Å². The number of halogens is 1. The molecule has 5 rings (SSSR count). The number of amides is 2. The van der Waals surface area contributed by atoms with Gasteiger partial charge in [-0.15, -0.1) is 0 Å². The topological polar surface area (TPSA) is 105 Å². The van der Waals surface area contributed by atoms with E-state index in [0.717, 1.165) is 23.3 Å². The Hall–Kier alpha value is -5.48. The summed E-state index contributed by atoms with van der Waals surface area (Å²) in [7, 11) is -3.95. The van der Waals surface area contributed by atoms with Crippen LogP contribution < -0.4 is 14.8 Å². The van der Waals surface area contributed by atoms with Gasteiger partial charge in [0.2, 0.25) is 5.91 Å². The van der Waals surface area contributed by atoms with Crippen molar-refractivity contribution in [3.8, 4) is 5.75 Å². The van der Waals surface area contributed by atoms with Gasteiger partial charge >= 0.3 is 0 Å². The van der Waals surface area contributed by atoms with E-state index in [2.05, 4.69) is 10.0 Å². The second-order valence-corrected chi connectivity index (χ2v) is 12.1. The Morgan fingerprint density at radius 1 is 0.717 bits per heavy atom. The van der Waals surface area contributed by atoms with E-state index in [1.807, 2.05) is 78.9 Å². The largest absolute Gasteiger partial charge is 0.484 e. The molecule has 2 N–H and O–H groups in total. The summed E-state index contributed by atoms with van der Waals surface area (Å²) in [6.45, 7) is 0.0355. The minimum atomic E-state index is -3.95. The predicted octanol–water partition coefficient (Wildman–Crippen LogP) is 6.09. The summed E-state index contributed by atoms with van der Waals surface area (Å²) in [5, 5.41) is 2.98. The van der Waals surface area contributed by atoms with Crippen molar-refractivity contribution in [3.05, 3.63) is 162 Å². The average Bonchev–Trinajstić information content (AvgIpc) is 3.08. The lowest BCUT2D eigenvalue weighted by atomic mass is 10.0. The lowest BCUT2D eigenvalue weighted by molar-refractivity contribution is -0.143. The minimum absolute atomic E-state index is 0.0413. The Balaban J connectivity index is 1.34. The highest BCUT2D eigenvalue weighted by atomic mass is 32.2. The Morgan fingerprint density at radius 3 is 1.89 bits per heavy atom. The number of sulfonamides is 1. The third-order valence-corrected chi connectivity index (χ3v) is 8.49. The van der Waals surface area contributed by atoms with Gasteiger partial charge in [0.25, 0.3) is 15.9 Å². The Morgan fingerprint density at radius 2 is 1.28 bits per heavy atom. The highest BCUT2D eigenvalue weighted by Gasteiger charge is 2.32. The molecule has 0 aliphatic rings. The van der Waals surface area contributed by atoms with Crippen LogP contribution in [0.25, 0.3) is 0 Å². The highest BCUT2D eigenvalue weighted by Crippen LogP contribution is 2.25. The first-order valence-corrected chi connectivity index (χ1v) is 16.0. The molecule has 10 heteroatoms. The molecule has 2 amide bonds. The van der Waals surface area contributed by atoms with Gasteiger partial charge in [0, 0.05) is 18.8 Å². The molecule has 0 bridgehead atoms. The second-order valence-electron chi connectivity index (χ2n) is 10.4. The molecule has 5 aromatic rings. The average molecular weight is 638 g/mol. The zero-order chi connectivity index (χ0) is 32.4. The smallest absolute Gasteiger partial charge is 0.261 e. The normalized spacial score (nSPS) is 11.7. The first-order valence-electron chi connectivity index (χ1n) is 14.5. The molecule has 0 spiro atoms.